The van der Waals surface area contributed by atoms with Crippen LogP contribution in [0.15, 0.2) is 53.6 Å². The molecule has 0 bridgehead atoms. The highest BCUT2D eigenvalue weighted by atomic mass is 16.5. The first-order valence-electron chi connectivity index (χ1n) is 8.03. The predicted molar refractivity (Wildman–Crippen MR) is 95.5 cm³/mol. The molecule has 0 aromatic heterocycles. The Morgan fingerprint density at radius 2 is 1.96 bits per heavy atom. The normalized spacial score (nSPS) is 14.8. The molecular weight excluding hydrogens is 302 g/mol. The van der Waals surface area contributed by atoms with E-state index in [0.717, 1.165) is 36.4 Å². The molecule has 124 valence electrons. The third kappa shape index (κ3) is 4.13. The molecule has 1 amide bonds. The predicted octanol–water partition coefficient (Wildman–Crippen LogP) is 2.77. The summed E-state index contributed by atoms with van der Waals surface area (Å²) in [5.41, 5.74) is 7.17. The van der Waals surface area contributed by atoms with Crippen LogP contribution in [0.3, 0.4) is 0 Å². The Balaban J connectivity index is 1.50. The molecule has 2 aromatic rings. The number of nitrogens with one attached hydrogen (secondary N) is 2. The fraction of sp³-hybridized carbons (Fsp3) is 0.263. The van der Waals surface area contributed by atoms with Crippen molar-refractivity contribution in [3.63, 3.8) is 0 Å². The molecule has 0 unspecified atom stereocenters. The molecule has 0 radical (unpaired) electrons. The molecule has 0 aliphatic heterocycles. The lowest BCUT2D eigenvalue weighted by Crippen LogP contribution is -2.28. The Morgan fingerprint density at radius 3 is 2.79 bits per heavy atom. The Labute approximate surface area is 141 Å². The summed E-state index contributed by atoms with van der Waals surface area (Å²) in [6.45, 7) is 0.167. The summed E-state index contributed by atoms with van der Waals surface area (Å²) in [7, 11) is 1.62. The average Bonchev–Trinajstić information content (AvgIpc) is 2.64. The van der Waals surface area contributed by atoms with E-state index >= 15 is 0 Å². The van der Waals surface area contributed by atoms with Gasteiger partial charge in [0.05, 0.1) is 13.7 Å². The molecule has 2 N–H and O–H groups in total. The van der Waals surface area contributed by atoms with Crippen molar-refractivity contribution in [1.29, 1.82) is 0 Å². The van der Waals surface area contributed by atoms with Crippen LogP contribution in [0.25, 0.3) is 0 Å². The molecule has 0 atom stereocenters. The maximum Gasteiger partial charge on any atom is 0.259 e. The zero-order chi connectivity index (χ0) is 16.8. The average molecular weight is 323 g/mol. The second kappa shape index (κ2) is 7.64. The van der Waals surface area contributed by atoms with Crippen molar-refractivity contribution in [2.75, 3.05) is 19.0 Å². The van der Waals surface area contributed by atoms with Gasteiger partial charge in [0.1, 0.15) is 5.75 Å². The second-order valence-corrected chi connectivity index (χ2v) is 5.74. The zero-order valence-corrected chi connectivity index (χ0v) is 13.7. The van der Waals surface area contributed by atoms with Gasteiger partial charge in [-0.1, -0.05) is 30.3 Å². The van der Waals surface area contributed by atoms with Gasteiger partial charge in [-0.2, -0.15) is 5.10 Å². The van der Waals surface area contributed by atoms with Crippen LogP contribution < -0.4 is 15.5 Å². The number of nitrogens with zero attached hydrogens (tertiary/aromatic N) is 1. The molecule has 1 aliphatic carbocycles. The van der Waals surface area contributed by atoms with Gasteiger partial charge >= 0.3 is 0 Å². The lowest BCUT2D eigenvalue weighted by atomic mass is 9.90. The Kier molecular flexibility index (Phi) is 5.11. The van der Waals surface area contributed by atoms with Crippen LogP contribution in [0.2, 0.25) is 0 Å². The maximum atomic E-state index is 11.9. The summed E-state index contributed by atoms with van der Waals surface area (Å²) in [5, 5.41) is 7.34. The summed E-state index contributed by atoms with van der Waals surface area (Å²) in [6, 6.07) is 15.8. The molecule has 0 heterocycles. The molecule has 0 spiro atoms. The molecule has 5 heteroatoms. The summed E-state index contributed by atoms with van der Waals surface area (Å²) in [6.07, 6.45) is 2.67. The number of hydrazone groups is 1. The van der Waals surface area contributed by atoms with Gasteiger partial charge in [-0.05, 0) is 36.1 Å². The SMILES string of the molecule is COc1cccc(NCC(=O)N/N=C2/CCc3ccccc3C2)c1. The van der Waals surface area contributed by atoms with Crippen LogP contribution in [-0.2, 0) is 17.6 Å². The van der Waals surface area contributed by atoms with Gasteiger partial charge in [0.2, 0.25) is 0 Å². The highest BCUT2D eigenvalue weighted by Gasteiger charge is 2.13. The van der Waals surface area contributed by atoms with Gasteiger partial charge in [0.15, 0.2) is 0 Å². The molecule has 0 saturated heterocycles. The number of methoxy groups -OCH3 is 1. The van der Waals surface area contributed by atoms with Gasteiger partial charge in [-0.15, -0.1) is 0 Å². The number of carbonyl (C=O) groups excluding carboxylic acids is 1. The van der Waals surface area contributed by atoms with Crippen molar-refractivity contribution in [3.8, 4) is 5.75 Å². The topological polar surface area (TPSA) is 62.7 Å². The summed E-state index contributed by atoms with van der Waals surface area (Å²) >= 11 is 0. The molecular formula is C19H21N3O2. The van der Waals surface area contributed by atoms with E-state index in [1.165, 1.54) is 11.1 Å². The Morgan fingerprint density at radius 1 is 1.12 bits per heavy atom. The van der Waals surface area contributed by atoms with Crippen LogP contribution in [0.4, 0.5) is 5.69 Å². The number of anilines is 1. The largest absolute Gasteiger partial charge is 0.497 e. The summed E-state index contributed by atoms with van der Waals surface area (Å²) in [4.78, 5) is 11.9. The zero-order valence-electron chi connectivity index (χ0n) is 13.7. The molecule has 24 heavy (non-hydrogen) atoms. The van der Waals surface area contributed by atoms with Crippen molar-refractivity contribution in [3.05, 3.63) is 59.7 Å². The van der Waals surface area contributed by atoms with E-state index in [2.05, 4.69) is 34.0 Å². The maximum absolute atomic E-state index is 11.9. The van der Waals surface area contributed by atoms with Gasteiger partial charge in [0.25, 0.3) is 5.91 Å². The van der Waals surface area contributed by atoms with Gasteiger partial charge in [-0.3, -0.25) is 4.79 Å². The van der Waals surface area contributed by atoms with E-state index in [1.54, 1.807) is 7.11 Å². The van der Waals surface area contributed by atoms with Crippen LogP contribution in [0.5, 0.6) is 5.75 Å². The van der Waals surface area contributed by atoms with Gasteiger partial charge in [-0.25, -0.2) is 5.43 Å². The summed E-state index contributed by atoms with van der Waals surface area (Å²) in [5.74, 6) is 0.589. The number of hydrogen-bond donors (Lipinski definition) is 2. The minimum absolute atomic E-state index is 0.163. The van der Waals surface area contributed by atoms with E-state index in [0.29, 0.717) is 0 Å². The number of rotatable bonds is 5. The smallest absolute Gasteiger partial charge is 0.259 e. The quantitative estimate of drug-likeness (QED) is 0.832. The molecule has 0 saturated carbocycles. The van der Waals surface area contributed by atoms with E-state index < -0.39 is 0 Å². The fourth-order valence-corrected chi connectivity index (χ4v) is 2.75. The minimum Gasteiger partial charge on any atom is -0.497 e. The first-order valence-corrected chi connectivity index (χ1v) is 8.03. The van der Waals surface area contributed by atoms with Crippen molar-refractivity contribution in [2.24, 2.45) is 5.10 Å². The van der Waals surface area contributed by atoms with Crippen LogP contribution in [0, 0.1) is 0 Å². The molecule has 5 nitrogen and oxygen atoms in total. The van der Waals surface area contributed by atoms with Crippen LogP contribution in [-0.4, -0.2) is 25.3 Å². The van der Waals surface area contributed by atoms with Crippen LogP contribution in [0.1, 0.15) is 17.5 Å². The first-order chi connectivity index (χ1) is 11.7. The lowest BCUT2D eigenvalue weighted by Gasteiger charge is -2.17. The lowest BCUT2D eigenvalue weighted by molar-refractivity contribution is -0.119. The number of carbonyl (C=O) groups is 1. The van der Waals surface area contributed by atoms with Crippen LogP contribution >= 0.6 is 0 Å². The number of amides is 1. The van der Waals surface area contributed by atoms with Crippen molar-refractivity contribution >= 4 is 17.3 Å². The van der Waals surface area contributed by atoms with E-state index in [4.69, 9.17) is 4.74 Å². The summed E-state index contributed by atoms with van der Waals surface area (Å²) < 4.78 is 5.15. The van der Waals surface area contributed by atoms with Crippen molar-refractivity contribution < 1.29 is 9.53 Å². The van der Waals surface area contributed by atoms with Gasteiger partial charge in [0, 0.05) is 23.9 Å². The second-order valence-electron chi connectivity index (χ2n) is 5.74. The monoisotopic (exact) mass is 323 g/mol. The number of hydrogen-bond acceptors (Lipinski definition) is 4. The van der Waals surface area contributed by atoms with E-state index in [-0.39, 0.29) is 12.5 Å². The fourth-order valence-electron chi connectivity index (χ4n) is 2.75. The van der Waals surface area contributed by atoms with E-state index in [9.17, 15) is 4.79 Å². The van der Waals surface area contributed by atoms with Crippen molar-refractivity contribution in [1.82, 2.24) is 5.43 Å². The minimum atomic E-state index is -0.163. The first kappa shape index (κ1) is 16.1. The van der Waals surface area contributed by atoms with E-state index in [1.807, 2.05) is 30.3 Å². The third-order valence-electron chi connectivity index (χ3n) is 4.06. The van der Waals surface area contributed by atoms with Gasteiger partial charge < -0.3 is 10.1 Å². The molecule has 3 rings (SSSR count). The molecule has 0 fully saturated rings. The standard InChI is InChI=1S/C19H21N3O2/c1-24-18-8-4-7-16(12-18)20-13-19(23)22-21-17-10-9-14-5-2-3-6-15(14)11-17/h2-8,12,20H,9-11,13H2,1H3,(H,22,23)/b21-17-. The third-order valence-corrected chi connectivity index (χ3v) is 4.06. The Hall–Kier alpha value is -2.82. The number of aryl methyl sites for hydroxylation is 1. The highest BCUT2D eigenvalue weighted by molar-refractivity contribution is 5.90. The van der Waals surface area contributed by atoms with Crippen molar-refractivity contribution in [2.45, 2.75) is 19.3 Å². The molecule has 1 aliphatic rings. The number of ether oxygens (including phenoxy) is 1. The number of fused-ring (bicyclic) bond motifs is 1. The highest BCUT2D eigenvalue weighted by Crippen LogP contribution is 2.19. The number of benzene rings is 2. The molecule has 2 aromatic carbocycles. The Bertz CT molecular complexity index is 756.